The summed E-state index contributed by atoms with van der Waals surface area (Å²) in [6.07, 6.45) is 3.85. The van der Waals surface area contributed by atoms with Crippen LogP contribution >= 0.6 is 0 Å². The predicted molar refractivity (Wildman–Crippen MR) is 69.4 cm³/mol. The summed E-state index contributed by atoms with van der Waals surface area (Å²) in [5.74, 6) is 5.55. The van der Waals surface area contributed by atoms with E-state index in [9.17, 15) is 4.79 Å². The molecule has 0 aliphatic carbocycles. The molecule has 0 saturated carbocycles. The van der Waals surface area contributed by atoms with E-state index in [1.807, 2.05) is 10.6 Å². The smallest absolute Gasteiger partial charge is 0.281 e. The largest absolute Gasteiger partial charge is 0.337 e. The van der Waals surface area contributed by atoms with Gasteiger partial charge in [-0.2, -0.15) is 0 Å². The van der Waals surface area contributed by atoms with E-state index in [0.717, 1.165) is 18.5 Å². The molecule has 1 aromatic heterocycles. The maximum Gasteiger partial charge on any atom is 0.281 e. The molecule has 0 spiro atoms. The Bertz CT molecular complexity index is 393. The molecule has 3 N–H and O–H groups in total. The average Bonchev–Trinajstić information content (AvgIpc) is 2.69. The normalized spacial score (nSPS) is 10.6. The Balaban J connectivity index is 2.93. The first-order valence-electron chi connectivity index (χ1n) is 5.90. The Morgan fingerprint density at radius 2 is 2.29 bits per heavy atom. The number of carbonyl (C=O) groups excluding carboxylic acids is 1. The van der Waals surface area contributed by atoms with Gasteiger partial charge in [0.25, 0.3) is 5.91 Å². The molecule has 0 bridgehead atoms. The van der Waals surface area contributed by atoms with Crippen molar-refractivity contribution in [3.63, 3.8) is 0 Å². The highest BCUT2D eigenvalue weighted by Gasteiger charge is 2.13. The van der Waals surface area contributed by atoms with Crippen molar-refractivity contribution in [2.24, 2.45) is 11.8 Å². The Kier molecular flexibility index (Phi) is 4.97. The van der Waals surface area contributed by atoms with Gasteiger partial charge in [-0.05, 0) is 30.9 Å². The third-order valence-electron chi connectivity index (χ3n) is 2.72. The summed E-state index contributed by atoms with van der Waals surface area (Å²) in [6, 6.07) is 3.79. The van der Waals surface area contributed by atoms with Crippen LogP contribution in [0.3, 0.4) is 0 Å². The lowest BCUT2D eigenvalue weighted by Gasteiger charge is -2.11. The number of hydrazine groups is 1. The van der Waals surface area contributed by atoms with Gasteiger partial charge >= 0.3 is 0 Å². The zero-order chi connectivity index (χ0) is 12.8. The first-order valence-corrected chi connectivity index (χ1v) is 5.90. The van der Waals surface area contributed by atoms with Gasteiger partial charge in [-0.1, -0.05) is 19.9 Å². The van der Waals surface area contributed by atoms with Crippen molar-refractivity contribution in [3.05, 3.63) is 36.2 Å². The molecule has 0 unspecified atom stereocenters. The first-order chi connectivity index (χ1) is 8.10. The van der Waals surface area contributed by atoms with Crippen LogP contribution in [0.1, 0.15) is 36.5 Å². The number of hydrogen-bond acceptors (Lipinski definition) is 2. The number of nitrogens with zero attached hydrogens (tertiary/aromatic N) is 1. The fourth-order valence-electron chi connectivity index (χ4n) is 1.78. The summed E-state index contributed by atoms with van der Waals surface area (Å²) in [5.41, 5.74) is 3.90. The summed E-state index contributed by atoms with van der Waals surface area (Å²) in [4.78, 5) is 11.6. The van der Waals surface area contributed by atoms with E-state index in [1.165, 1.54) is 0 Å². The van der Waals surface area contributed by atoms with E-state index in [-0.39, 0.29) is 5.91 Å². The summed E-state index contributed by atoms with van der Waals surface area (Å²) in [5, 5.41) is 0. The van der Waals surface area contributed by atoms with Crippen molar-refractivity contribution in [2.45, 2.75) is 33.2 Å². The number of nitrogens with one attached hydrogen (secondary N) is 1. The van der Waals surface area contributed by atoms with Gasteiger partial charge in [0.1, 0.15) is 5.69 Å². The molecule has 4 heteroatoms. The molecule has 0 fully saturated rings. The number of carbonyl (C=O) groups is 1. The van der Waals surface area contributed by atoms with Crippen molar-refractivity contribution < 1.29 is 4.79 Å². The minimum atomic E-state index is -0.261. The number of nitrogens with two attached hydrogens (primary N) is 1. The number of allylic oxidation sites excluding steroid dienone is 1. The Hall–Kier alpha value is -1.55. The second-order valence-electron chi connectivity index (χ2n) is 4.52. The Labute approximate surface area is 102 Å². The molecule has 0 atom stereocenters. The van der Waals surface area contributed by atoms with Gasteiger partial charge in [0.05, 0.1) is 0 Å². The van der Waals surface area contributed by atoms with E-state index < -0.39 is 0 Å². The first kappa shape index (κ1) is 13.5. The van der Waals surface area contributed by atoms with E-state index in [2.05, 4.69) is 25.9 Å². The minimum Gasteiger partial charge on any atom is -0.337 e. The van der Waals surface area contributed by atoms with Crippen LogP contribution in [0.25, 0.3) is 0 Å². The van der Waals surface area contributed by atoms with Crippen LogP contribution in [-0.4, -0.2) is 10.5 Å². The highest BCUT2D eigenvalue weighted by atomic mass is 16.2. The zero-order valence-electron chi connectivity index (χ0n) is 10.6. The third-order valence-corrected chi connectivity index (χ3v) is 2.72. The van der Waals surface area contributed by atoms with E-state index >= 15 is 0 Å². The molecule has 1 rings (SSSR count). The van der Waals surface area contributed by atoms with Gasteiger partial charge in [-0.25, -0.2) is 5.84 Å². The molecule has 0 radical (unpaired) electrons. The van der Waals surface area contributed by atoms with Crippen LogP contribution in [-0.2, 0) is 13.0 Å². The van der Waals surface area contributed by atoms with Crippen LogP contribution in [0.5, 0.6) is 0 Å². The molecule has 1 aromatic rings. The highest BCUT2D eigenvalue weighted by Crippen LogP contribution is 2.14. The molecule has 0 aliphatic rings. The summed E-state index contributed by atoms with van der Waals surface area (Å²) < 4.78 is 1.96. The Morgan fingerprint density at radius 3 is 2.82 bits per heavy atom. The van der Waals surface area contributed by atoms with Gasteiger partial charge in [0.15, 0.2) is 0 Å². The average molecular weight is 235 g/mol. The Morgan fingerprint density at radius 1 is 1.59 bits per heavy atom. The molecule has 1 amide bonds. The standard InChI is InChI=1S/C13H21N3O/c1-4-9-16-11(6-5-10(2)3)7-8-12(16)13(17)15-14/h4,7-8,10H,1,5-6,9,14H2,2-3H3,(H,15,17). The number of aryl methyl sites for hydroxylation is 1. The lowest BCUT2D eigenvalue weighted by molar-refractivity contribution is 0.0944. The van der Waals surface area contributed by atoms with E-state index in [4.69, 9.17) is 5.84 Å². The molecule has 0 aromatic carbocycles. The molecule has 0 saturated heterocycles. The molecule has 4 nitrogen and oxygen atoms in total. The van der Waals surface area contributed by atoms with Crippen LogP contribution in [0.2, 0.25) is 0 Å². The number of rotatable bonds is 6. The second kappa shape index (κ2) is 6.25. The number of aromatic nitrogens is 1. The van der Waals surface area contributed by atoms with Gasteiger partial charge in [0.2, 0.25) is 0 Å². The number of nitrogen functional groups attached to an aromatic ring is 1. The molecule has 94 valence electrons. The predicted octanol–water partition coefficient (Wildman–Crippen LogP) is 1.87. The lowest BCUT2D eigenvalue weighted by Crippen LogP contribution is -2.32. The lowest BCUT2D eigenvalue weighted by atomic mass is 10.1. The molecule has 0 aliphatic heterocycles. The highest BCUT2D eigenvalue weighted by molar-refractivity contribution is 5.92. The van der Waals surface area contributed by atoms with Crippen molar-refractivity contribution in [1.82, 2.24) is 9.99 Å². The SMILES string of the molecule is C=CCn1c(CCC(C)C)ccc1C(=O)NN. The third kappa shape index (κ3) is 3.46. The van der Waals surface area contributed by atoms with Crippen LogP contribution in [0, 0.1) is 5.92 Å². The van der Waals surface area contributed by atoms with Gasteiger partial charge < -0.3 is 4.57 Å². The quantitative estimate of drug-likeness (QED) is 0.342. The van der Waals surface area contributed by atoms with Gasteiger partial charge in [0, 0.05) is 12.2 Å². The second-order valence-corrected chi connectivity index (χ2v) is 4.52. The summed E-state index contributed by atoms with van der Waals surface area (Å²) >= 11 is 0. The fraction of sp³-hybridized carbons (Fsp3) is 0.462. The summed E-state index contributed by atoms with van der Waals surface area (Å²) in [6.45, 7) is 8.72. The van der Waals surface area contributed by atoms with E-state index in [0.29, 0.717) is 18.2 Å². The van der Waals surface area contributed by atoms with Crippen molar-refractivity contribution in [2.75, 3.05) is 0 Å². The molecule has 1 heterocycles. The molecule has 17 heavy (non-hydrogen) atoms. The number of amides is 1. The summed E-state index contributed by atoms with van der Waals surface area (Å²) in [7, 11) is 0. The maximum absolute atomic E-state index is 11.6. The van der Waals surface area contributed by atoms with Crippen molar-refractivity contribution in [3.8, 4) is 0 Å². The van der Waals surface area contributed by atoms with Crippen molar-refractivity contribution in [1.29, 1.82) is 0 Å². The van der Waals surface area contributed by atoms with Crippen LogP contribution in [0.15, 0.2) is 24.8 Å². The monoisotopic (exact) mass is 235 g/mol. The van der Waals surface area contributed by atoms with Gasteiger partial charge in [-0.3, -0.25) is 10.2 Å². The minimum absolute atomic E-state index is 0.261. The topological polar surface area (TPSA) is 60.0 Å². The van der Waals surface area contributed by atoms with Crippen LogP contribution in [0.4, 0.5) is 0 Å². The van der Waals surface area contributed by atoms with Crippen molar-refractivity contribution >= 4 is 5.91 Å². The van der Waals surface area contributed by atoms with Crippen LogP contribution < -0.4 is 11.3 Å². The molecular weight excluding hydrogens is 214 g/mol. The van der Waals surface area contributed by atoms with E-state index in [1.54, 1.807) is 12.1 Å². The van der Waals surface area contributed by atoms with Gasteiger partial charge in [-0.15, -0.1) is 6.58 Å². The maximum atomic E-state index is 11.6. The zero-order valence-corrected chi connectivity index (χ0v) is 10.6. The number of hydrogen-bond donors (Lipinski definition) is 2. The fourth-order valence-corrected chi connectivity index (χ4v) is 1.78. The molecular formula is C13H21N3O.